The highest BCUT2D eigenvalue weighted by Crippen LogP contribution is 2.22. The van der Waals surface area contributed by atoms with Crippen molar-refractivity contribution in [2.45, 2.75) is 0 Å². The van der Waals surface area contributed by atoms with Crippen molar-refractivity contribution in [3.8, 4) is 0 Å². The van der Waals surface area contributed by atoms with Crippen molar-refractivity contribution in [3.05, 3.63) is 46.6 Å². The van der Waals surface area contributed by atoms with Gasteiger partial charge in [0.15, 0.2) is 6.20 Å². The van der Waals surface area contributed by atoms with E-state index in [4.69, 9.17) is 0 Å². The van der Waals surface area contributed by atoms with E-state index in [1.54, 1.807) is 30.3 Å². The van der Waals surface area contributed by atoms with Crippen molar-refractivity contribution in [1.29, 1.82) is 0 Å². The van der Waals surface area contributed by atoms with Crippen molar-refractivity contribution in [2.24, 2.45) is 5.18 Å². The predicted molar refractivity (Wildman–Crippen MR) is 48.4 cm³/mol. The summed E-state index contributed by atoms with van der Waals surface area (Å²) in [7, 11) is 0. The molecule has 0 spiro atoms. The average Bonchev–Trinajstić information content (AvgIpc) is 2.18. The van der Waals surface area contributed by atoms with Gasteiger partial charge in [0.2, 0.25) is 5.52 Å². The van der Waals surface area contributed by atoms with Crippen molar-refractivity contribution in [1.82, 2.24) is 0 Å². The molecule has 0 bridgehead atoms. The topological polar surface area (TPSA) is 56.4 Å². The number of hydrogen-bond donors (Lipinski definition) is 0. The van der Waals surface area contributed by atoms with Crippen LogP contribution in [0.25, 0.3) is 10.9 Å². The molecule has 0 aliphatic heterocycles. The number of fused-ring (bicyclic) bond motifs is 1. The first-order chi connectivity index (χ1) is 6.33. The van der Waals surface area contributed by atoms with Gasteiger partial charge in [0.05, 0.1) is 5.39 Å². The summed E-state index contributed by atoms with van der Waals surface area (Å²) < 4.78 is 0.712. The van der Waals surface area contributed by atoms with Crippen LogP contribution < -0.4 is 4.73 Å². The van der Waals surface area contributed by atoms with E-state index < -0.39 is 0 Å². The second-order valence-corrected chi connectivity index (χ2v) is 2.64. The van der Waals surface area contributed by atoms with Crippen LogP contribution in [0.5, 0.6) is 0 Å². The lowest BCUT2D eigenvalue weighted by atomic mass is 10.2. The largest absolute Gasteiger partial charge is 0.618 e. The highest BCUT2D eigenvalue weighted by molar-refractivity contribution is 5.87. The fourth-order valence-electron chi connectivity index (χ4n) is 1.28. The molecule has 0 amide bonds. The van der Waals surface area contributed by atoms with Gasteiger partial charge in [0.25, 0.3) is 0 Å². The molecule has 2 aromatic rings. The van der Waals surface area contributed by atoms with E-state index in [-0.39, 0.29) is 0 Å². The van der Waals surface area contributed by atoms with Gasteiger partial charge in [-0.3, -0.25) is 0 Å². The summed E-state index contributed by atoms with van der Waals surface area (Å²) in [6, 6.07) is 8.14. The van der Waals surface area contributed by atoms with E-state index in [0.29, 0.717) is 21.3 Å². The molecule has 0 saturated heterocycles. The lowest BCUT2D eigenvalue weighted by molar-refractivity contribution is -0.577. The van der Waals surface area contributed by atoms with Crippen molar-refractivity contribution >= 4 is 16.6 Å². The number of rotatable bonds is 1. The highest BCUT2D eigenvalue weighted by Gasteiger charge is 2.06. The van der Waals surface area contributed by atoms with Crippen LogP contribution in [0, 0.1) is 10.1 Å². The van der Waals surface area contributed by atoms with Gasteiger partial charge in [0.1, 0.15) is 5.69 Å². The molecule has 0 saturated carbocycles. The monoisotopic (exact) mass is 174 g/mol. The Balaban J connectivity index is 2.92. The SMILES string of the molecule is O=Nc1cccc2c1ccc[n+]2[O-]. The predicted octanol–water partition coefficient (Wildman–Crippen LogP) is 1.87. The minimum atomic E-state index is 0.294. The summed E-state index contributed by atoms with van der Waals surface area (Å²) in [5.41, 5.74) is 0.752. The molecular weight excluding hydrogens is 168 g/mol. The van der Waals surface area contributed by atoms with Gasteiger partial charge in [-0.05, 0) is 17.3 Å². The van der Waals surface area contributed by atoms with E-state index in [0.717, 1.165) is 0 Å². The van der Waals surface area contributed by atoms with Gasteiger partial charge in [-0.1, -0.05) is 6.07 Å². The van der Waals surface area contributed by atoms with E-state index in [1.165, 1.54) is 6.20 Å². The van der Waals surface area contributed by atoms with E-state index in [1.807, 2.05) is 0 Å². The second-order valence-electron chi connectivity index (χ2n) is 2.64. The summed E-state index contributed by atoms with van der Waals surface area (Å²) in [6.07, 6.45) is 1.39. The third-order valence-corrected chi connectivity index (χ3v) is 1.88. The minimum Gasteiger partial charge on any atom is -0.618 e. The molecule has 0 N–H and O–H groups in total. The van der Waals surface area contributed by atoms with Gasteiger partial charge < -0.3 is 5.21 Å². The van der Waals surface area contributed by atoms with Crippen LogP contribution in [0.1, 0.15) is 0 Å². The first-order valence-electron chi connectivity index (χ1n) is 3.77. The zero-order chi connectivity index (χ0) is 9.26. The summed E-state index contributed by atoms with van der Waals surface area (Å²) in [6.45, 7) is 0. The Morgan fingerprint density at radius 2 is 2.08 bits per heavy atom. The summed E-state index contributed by atoms with van der Waals surface area (Å²) in [5.74, 6) is 0. The first-order valence-corrected chi connectivity index (χ1v) is 3.77. The Morgan fingerprint density at radius 3 is 2.85 bits per heavy atom. The molecular formula is C9H6N2O2. The van der Waals surface area contributed by atoms with Crippen LogP contribution in [0.15, 0.2) is 41.7 Å². The average molecular weight is 174 g/mol. The Labute approximate surface area is 74.0 Å². The maximum Gasteiger partial charge on any atom is 0.226 e. The van der Waals surface area contributed by atoms with Crippen molar-refractivity contribution < 1.29 is 4.73 Å². The lowest BCUT2D eigenvalue weighted by Gasteiger charge is -2.00. The van der Waals surface area contributed by atoms with E-state index in [2.05, 4.69) is 5.18 Å². The zero-order valence-corrected chi connectivity index (χ0v) is 6.68. The third kappa shape index (κ3) is 1.12. The van der Waals surface area contributed by atoms with Crippen LogP contribution in [-0.2, 0) is 0 Å². The molecule has 4 nitrogen and oxygen atoms in total. The molecule has 4 heteroatoms. The normalized spacial score (nSPS) is 10.2. The smallest absolute Gasteiger partial charge is 0.226 e. The van der Waals surface area contributed by atoms with Crippen LogP contribution in [0.4, 0.5) is 5.69 Å². The first kappa shape index (κ1) is 7.67. The highest BCUT2D eigenvalue weighted by atomic mass is 16.5. The second kappa shape index (κ2) is 2.82. The molecule has 13 heavy (non-hydrogen) atoms. The number of nitrogens with zero attached hydrogens (tertiary/aromatic N) is 2. The van der Waals surface area contributed by atoms with Crippen molar-refractivity contribution in [3.63, 3.8) is 0 Å². The number of aromatic nitrogens is 1. The Bertz CT molecular complexity index is 468. The van der Waals surface area contributed by atoms with Crippen LogP contribution >= 0.6 is 0 Å². The quantitative estimate of drug-likeness (QED) is 0.376. The number of pyridine rings is 1. The zero-order valence-electron chi connectivity index (χ0n) is 6.68. The summed E-state index contributed by atoms with van der Waals surface area (Å²) in [5, 5.41) is 14.6. The molecule has 2 rings (SSSR count). The van der Waals surface area contributed by atoms with Crippen LogP contribution in [0.3, 0.4) is 0 Å². The van der Waals surface area contributed by atoms with E-state index in [9.17, 15) is 10.1 Å². The van der Waals surface area contributed by atoms with Gasteiger partial charge in [-0.25, -0.2) is 0 Å². The molecule has 1 aromatic carbocycles. The Morgan fingerprint density at radius 1 is 1.23 bits per heavy atom. The van der Waals surface area contributed by atoms with Gasteiger partial charge in [-0.15, -0.1) is 4.91 Å². The maximum atomic E-state index is 11.2. The fourth-order valence-corrected chi connectivity index (χ4v) is 1.28. The molecule has 0 aliphatic rings. The van der Waals surface area contributed by atoms with Gasteiger partial charge in [-0.2, -0.15) is 4.73 Å². The Kier molecular flexibility index (Phi) is 1.66. The summed E-state index contributed by atoms with van der Waals surface area (Å²) >= 11 is 0. The van der Waals surface area contributed by atoms with Gasteiger partial charge >= 0.3 is 0 Å². The fraction of sp³-hybridized carbons (Fsp3) is 0. The molecule has 1 heterocycles. The molecule has 0 atom stereocenters. The lowest BCUT2D eigenvalue weighted by Crippen LogP contribution is -2.25. The number of benzene rings is 1. The number of hydrogen-bond acceptors (Lipinski definition) is 3. The Hall–Kier alpha value is -1.97. The van der Waals surface area contributed by atoms with Gasteiger partial charge in [0, 0.05) is 12.1 Å². The number of nitroso groups, excluding NO2 is 1. The molecule has 0 fully saturated rings. The maximum absolute atomic E-state index is 11.2. The minimum absolute atomic E-state index is 0.294. The van der Waals surface area contributed by atoms with Crippen LogP contribution in [0.2, 0.25) is 0 Å². The van der Waals surface area contributed by atoms with E-state index >= 15 is 0 Å². The standard InChI is InChI=1S/C9H6N2O2/c12-10-8-4-1-5-9-7(8)3-2-6-11(9)13/h1-6H. The summed E-state index contributed by atoms with van der Waals surface area (Å²) in [4.78, 5) is 10.4. The van der Waals surface area contributed by atoms with Crippen molar-refractivity contribution in [2.75, 3.05) is 0 Å². The molecule has 1 aromatic heterocycles. The van der Waals surface area contributed by atoms with Crippen LogP contribution in [-0.4, -0.2) is 0 Å². The molecule has 0 aliphatic carbocycles. The molecule has 64 valence electrons. The molecule has 0 radical (unpaired) electrons. The third-order valence-electron chi connectivity index (χ3n) is 1.88. The molecule has 0 unspecified atom stereocenters.